The smallest absolute Gasteiger partial charge is 0.462 e. The van der Waals surface area contributed by atoms with Crippen LogP contribution in [0, 0.1) is 5.92 Å². The Morgan fingerprint density at radius 1 is 0.260 bits per heavy atom. The molecule has 5 atom stereocenters. The summed E-state index contributed by atoms with van der Waals surface area (Å²) in [5.74, 6) is -1.40. The van der Waals surface area contributed by atoms with Crippen molar-refractivity contribution < 1.29 is 80.2 Å². The average Bonchev–Trinajstić information content (AvgIpc) is 0.908. The van der Waals surface area contributed by atoms with E-state index in [4.69, 9.17) is 37.0 Å². The van der Waals surface area contributed by atoms with E-state index >= 15 is 0 Å². The third kappa shape index (κ3) is 78.2. The van der Waals surface area contributed by atoms with E-state index in [1.165, 1.54) is 276 Å². The Morgan fingerprint density at radius 3 is 0.654 bits per heavy atom. The van der Waals surface area contributed by atoms with Gasteiger partial charge in [-0.15, -0.1) is 0 Å². The van der Waals surface area contributed by atoms with Gasteiger partial charge in [0.2, 0.25) is 0 Å². The van der Waals surface area contributed by atoms with Gasteiger partial charge in [0.05, 0.1) is 26.4 Å². The van der Waals surface area contributed by atoms with E-state index < -0.39 is 97.5 Å². The van der Waals surface area contributed by atoms with Crippen LogP contribution in [0.4, 0.5) is 0 Å². The molecule has 17 nitrogen and oxygen atoms in total. The molecule has 0 aromatic carbocycles. The fourth-order valence-corrected chi connectivity index (χ4v) is 14.9. The molecule has 0 aromatic heterocycles. The summed E-state index contributed by atoms with van der Waals surface area (Å²) in [4.78, 5) is 73.1. The van der Waals surface area contributed by atoms with E-state index in [0.29, 0.717) is 31.6 Å². The molecule has 0 bridgehead atoms. The van der Waals surface area contributed by atoms with Crippen molar-refractivity contribution >= 4 is 39.5 Å². The van der Waals surface area contributed by atoms with Crippen molar-refractivity contribution in [2.24, 2.45) is 5.92 Å². The van der Waals surface area contributed by atoms with Gasteiger partial charge in [0.1, 0.15) is 19.3 Å². The minimum absolute atomic E-state index is 0.107. The maximum absolute atomic E-state index is 13.1. The Bertz CT molecular complexity index is 1980. The van der Waals surface area contributed by atoms with Crippen molar-refractivity contribution in [3.8, 4) is 0 Å². The van der Waals surface area contributed by atoms with Gasteiger partial charge in [0, 0.05) is 25.7 Å². The minimum atomic E-state index is -4.96. The number of phosphoric acid groups is 2. The molecule has 0 radical (unpaired) electrons. The monoisotopic (exact) mass is 1520 g/mol. The number of carbonyl (C=O) groups is 4. The average molecular weight is 1520 g/mol. The number of unbranched alkanes of at least 4 members (excludes halogenated alkanes) is 57. The summed E-state index contributed by atoms with van der Waals surface area (Å²) >= 11 is 0. The third-order valence-electron chi connectivity index (χ3n) is 20.0. The molecule has 104 heavy (non-hydrogen) atoms. The van der Waals surface area contributed by atoms with Gasteiger partial charge >= 0.3 is 39.5 Å². The number of aliphatic hydroxyl groups excluding tert-OH is 1. The summed E-state index contributed by atoms with van der Waals surface area (Å²) in [6, 6.07) is 0. The Kier molecular flexibility index (Phi) is 76.3. The maximum Gasteiger partial charge on any atom is 0.472 e. The fourth-order valence-electron chi connectivity index (χ4n) is 13.3. The summed E-state index contributed by atoms with van der Waals surface area (Å²) in [7, 11) is -9.92. The Balaban J connectivity index is 5.19. The first kappa shape index (κ1) is 102. The summed E-state index contributed by atoms with van der Waals surface area (Å²) in [6.07, 6.45) is 71.1. The maximum atomic E-state index is 13.1. The van der Waals surface area contributed by atoms with Crippen molar-refractivity contribution in [3.63, 3.8) is 0 Å². The third-order valence-corrected chi connectivity index (χ3v) is 21.9. The molecule has 0 aliphatic carbocycles. The molecular formula is C85H166O17P2. The van der Waals surface area contributed by atoms with Crippen LogP contribution >= 0.6 is 15.6 Å². The summed E-state index contributed by atoms with van der Waals surface area (Å²) in [5.41, 5.74) is 0. The number of esters is 4. The van der Waals surface area contributed by atoms with Gasteiger partial charge in [-0.2, -0.15) is 0 Å². The zero-order valence-electron chi connectivity index (χ0n) is 68.2. The molecule has 618 valence electrons. The molecule has 0 aliphatic rings. The predicted octanol–water partition coefficient (Wildman–Crippen LogP) is 26.0. The number of phosphoric ester groups is 2. The molecule has 0 aliphatic heterocycles. The van der Waals surface area contributed by atoms with Gasteiger partial charge in [-0.3, -0.25) is 37.3 Å². The predicted molar refractivity (Wildman–Crippen MR) is 428 cm³/mol. The first-order valence-corrected chi connectivity index (χ1v) is 47.1. The first-order valence-electron chi connectivity index (χ1n) is 44.1. The van der Waals surface area contributed by atoms with Crippen LogP contribution in [-0.4, -0.2) is 96.7 Å². The van der Waals surface area contributed by atoms with E-state index in [1.54, 1.807) is 0 Å². The second-order valence-electron chi connectivity index (χ2n) is 31.1. The van der Waals surface area contributed by atoms with Crippen LogP contribution < -0.4 is 0 Å². The molecule has 0 fully saturated rings. The Morgan fingerprint density at radius 2 is 0.442 bits per heavy atom. The van der Waals surface area contributed by atoms with Crippen LogP contribution in [0.5, 0.6) is 0 Å². The van der Waals surface area contributed by atoms with E-state index in [9.17, 15) is 43.2 Å². The molecule has 19 heteroatoms. The van der Waals surface area contributed by atoms with E-state index in [-0.39, 0.29) is 25.7 Å². The molecule has 3 N–H and O–H groups in total. The standard InChI is InChI=1S/C85H166O17P2/c1-6-9-12-15-18-21-24-27-29-31-33-35-37-39-41-43-46-48-53-58-63-68-82(87)95-74-80(101-85(90)71-66-61-55-50-47-44-42-40-38-36-34-32-30-28-25-22-19-16-13-10-7-2)76-99-103(91,92)97-72-79(86)73-98-104(93,94)100-77-81(75-96-83(88)69-64-59-56-51-52-57-62-67-78(4)5)102-84(89)70-65-60-54-49-45-26-23-20-17-14-11-8-3/h78-81,86H,6-77H2,1-5H3,(H,91,92)(H,93,94)/t79-,80-,81-/m1/s1. The van der Waals surface area contributed by atoms with Crippen molar-refractivity contribution in [2.75, 3.05) is 39.6 Å². The summed E-state index contributed by atoms with van der Waals surface area (Å²) in [6.45, 7) is 7.29. The Labute approximate surface area is 638 Å². The number of ether oxygens (including phenoxy) is 4. The molecule has 2 unspecified atom stereocenters. The summed E-state index contributed by atoms with van der Waals surface area (Å²) in [5, 5.41) is 10.7. The van der Waals surface area contributed by atoms with Crippen LogP contribution in [0.15, 0.2) is 0 Å². The van der Waals surface area contributed by atoms with Gasteiger partial charge < -0.3 is 33.8 Å². The van der Waals surface area contributed by atoms with Gasteiger partial charge in [-0.25, -0.2) is 9.13 Å². The molecule has 0 rings (SSSR count). The number of aliphatic hydroxyl groups is 1. The van der Waals surface area contributed by atoms with Crippen LogP contribution in [0.1, 0.15) is 458 Å². The van der Waals surface area contributed by atoms with Crippen LogP contribution in [0.2, 0.25) is 0 Å². The SMILES string of the molecule is CCCCCCCCCCCCCCCCCCCCCCCC(=O)OC[C@H](COP(=O)(O)OC[C@@H](O)COP(=O)(O)OC[C@@H](COC(=O)CCCCCCCCCC(C)C)OC(=O)CCCCCCCCCCCCCC)OC(=O)CCCCCCCCCCCCCCCCCCCCCCC. The lowest BCUT2D eigenvalue weighted by molar-refractivity contribution is -0.161. The highest BCUT2D eigenvalue weighted by Crippen LogP contribution is 2.45. The van der Waals surface area contributed by atoms with Crippen molar-refractivity contribution in [2.45, 2.75) is 477 Å². The molecule has 0 amide bonds. The number of hydrogen-bond acceptors (Lipinski definition) is 15. The van der Waals surface area contributed by atoms with E-state index in [2.05, 4.69) is 34.6 Å². The quantitative estimate of drug-likeness (QED) is 0.0222. The zero-order chi connectivity index (χ0) is 76.2. The zero-order valence-corrected chi connectivity index (χ0v) is 70.0. The highest BCUT2D eigenvalue weighted by Gasteiger charge is 2.30. The van der Waals surface area contributed by atoms with Crippen molar-refractivity contribution in [3.05, 3.63) is 0 Å². The van der Waals surface area contributed by atoms with Gasteiger partial charge in [0.25, 0.3) is 0 Å². The molecule has 0 heterocycles. The fraction of sp³-hybridized carbons (Fsp3) is 0.953. The number of hydrogen-bond donors (Lipinski definition) is 3. The molecular weight excluding hydrogens is 1350 g/mol. The van der Waals surface area contributed by atoms with E-state index in [1.807, 2.05) is 0 Å². The highest BCUT2D eigenvalue weighted by molar-refractivity contribution is 7.47. The van der Waals surface area contributed by atoms with Crippen LogP contribution in [-0.2, 0) is 65.4 Å². The molecule has 0 spiro atoms. The highest BCUT2D eigenvalue weighted by atomic mass is 31.2. The molecule has 0 saturated carbocycles. The van der Waals surface area contributed by atoms with Gasteiger partial charge in [-0.1, -0.05) is 407 Å². The second-order valence-corrected chi connectivity index (χ2v) is 34.0. The topological polar surface area (TPSA) is 237 Å². The summed E-state index contributed by atoms with van der Waals surface area (Å²) < 4.78 is 68.8. The van der Waals surface area contributed by atoms with Gasteiger partial charge in [-0.05, 0) is 31.6 Å². The van der Waals surface area contributed by atoms with Gasteiger partial charge in [0.15, 0.2) is 12.2 Å². The lowest BCUT2D eigenvalue weighted by Gasteiger charge is -2.21. The van der Waals surface area contributed by atoms with E-state index in [0.717, 1.165) is 96.3 Å². The number of rotatable bonds is 85. The van der Waals surface area contributed by atoms with Crippen LogP contribution in [0.3, 0.4) is 0 Å². The lowest BCUT2D eigenvalue weighted by Crippen LogP contribution is -2.30. The van der Waals surface area contributed by atoms with Crippen molar-refractivity contribution in [1.29, 1.82) is 0 Å². The van der Waals surface area contributed by atoms with Crippen LogP contribution in [0.25, 0.3) is 0 Å². The molecule has 0 aromatic rings. The Hall–Kier alpha value is -1.94. The molecule has 0 saturated heterocycles. The normalized spacial score (nSPS) is 13.8. The second kappa shape index (κ2) is 77.8. The first-order chi connectivity index (χ1) is 50.5. The number of carbonyl (C=O) groups excluding carboxylic acids is 4. The van der Waals surface area contributed by atoms with Crippen molar-refractivity contribution in [1.82, 2.24) is 0 Å². The largest absolute Gasteiger partial charge is 0.472 e. The lowest BCUT2D eigenvalue weighted by atomic mass is 10.0. The minimum Gasteiger partial charge on any atom is -0.462 e.